The second-order valence-corrected chi connectivity index (χ2v) is 5.96. The molecule has 5 nitrogen and oxygen atoms in total. The van der Waals surface area contributed by atoms with Crippen molar-refractivity contribution < 1.29 is 19.4 Å². The molecule has 0 aromatic heterocycles. The fourth-order valence-corrected chi connectivity index (χ4v) is 2.73. The predicted molar refractivity (Wildman–Crippen MR) is 78.0 cm³/mol. The predicted octanol–water partition coefficient (Wildman–Crippen LogP) is 1.52. The molecule has 1 aromatic rings. The Bertz CT molecular complexity index is 526. The number of rotatable bonds is 4. The lowest BCUT2D eigenvalue weighted by Gasteiger charge is -2.34. The molecule has 2 rings (SSSR count). The molecular weight excluding hydrogens is 270 g/mol. The number of aliphatic carboxylic acids is 1. The second kappa shape index (κ2) is 5.85. The highest BCUT2D eigenvalue weighted by molar-refractivity contribution is 5.88. The van der Waals surface area contributed by atoms with Crippen LogP contribution in [0.15, 0.2) is 30.3 Å². The first-order chi connectivity index (χ1) is 9.85. The first-order valence-electron chi connectivity index (χ1n) is 6.99. The Morgan fingerprint density at radius 2 is 1.86 bits per heavy atom. The lowest BCUT2D eigenvalue weighted by molar-refractivity contribution is -0.145. The van der Waals surface area contributed by atoms with Crippen molar-refractivity contribution in [2.24, 2.45) is 5.92 Å². The van der Waals surface area contributed by atoms with E-state index < -0.39 is 23.3 Å². The Labute approximate surface area is 124 Å². The van der Waals surface area contributed by atoms with Crippen LogP contribution in [0.3, 0.4) is 0 Å². The zero-order valence-electron chi connectivity index (χ0n) is 12.6. The van der Waals surface area contributed by atoms with E-state index in [-0.39, 0.29) is 19.1 Å². The molecule has 5 heteroatoms. The standard InChI is InChI=1S/C16H21NO4/c1-16(2,11-7-5-4-6-8-11)15(20)17(3)13-10-21-9-12(13)14(18)19/h4-8,12-13H,9-10H2,1-3H3,(H,18,19). The zero-order chi connectivity index (χ0) is 15.6. The van der Waals surface area contributed by atoms with Gasteiger partial charge in [0.1, 0.15) is 5.92 Å². The van der Waals surface area contributed by atoms with Gasteiger partial charge in [0.05, 0.1) is 24.7 Å². The lowest BCUT2D eigenvalue weighted by Crippen LogP contribution is -2.50. The second-order valence-electron chi connectivity index (χ2n) is 5.96. The van der Waals surface area contributed by atoms with Crippen molar-refractivity contribution >= 4 is 11.9 Å². The van der Waals surface area contributed by atoms with Crippen molar-refractivity contribution in [3.05, 3.63) is 35.9 Å². The third kappa shape index (κ3) is 2.93. The van der Waals surface area contributed by atoms with Crippen LogP contribution >= 0.6 is 0 Å². The van der Waals surface area contributed by atoms with Gasteiger partial charge in [0, 0.05) is 7.05 Å². The molecule has 0 bridgehead atoms. The van der Waals surface area contributed by atoms with E-state index in [0.717, 1.165) is 5.56 Å². The highest BCUT2D eigenvalue weighted by atomic mass is 16.5. The quantitative estimate of drug-likeness (QED) is 0.913. The van der Waals surface area contributed by atoms with Gasteiger partial charge in [-0.05, 0) is 19.4 Å². The number of ether oxygens (including phenoxy) is 1. The summed E-state index contributed by atoms with van der Waals surface area (Å²) in [6.07, 6.45) is 0. The number of carboxylic acids is 1. The Morgan fingerprint density at radius 1 is 1.24 bits per heavy atom. The van der Waals surface area contributed by atoms with Crippen LogP contribution < -0.4 is 0 Å². The SMILES string of the molecule is CN(C(=O)C(C)(C)c1ccccc1)C1COCC1C(=O)O. The number of carbonyl (C=O) groups is 2. The van der Waals surface area contributed by atoms with Crippen LogP contribution in [-0.2, 0) is 19.7 Å². The van der Waals surface area contributed by atoms with Crippen molar-refractivity contribution in [3.63, 3.8) is 0 Å². The van der Waals surface area contributed by atoms with Crippen LogP contribution in [0.5, 0.6) is 0 Å². The van der Waals surface area contributed by atoms with Gasteiger partial charge in [-0.15, -0.1) is 0 Å². The van der Waals surface area contributed by atoms with Gasteiger partial charge in [0.15, 0.2) is 0 Å². The molecule has 0 spiro atoms. The normalized spacial score (nSPS) is 22.0. The number of hydrogen-bond acceptors (Lipinski definition) is 3. The van der Waals surface area contributed by atoms with E-state index in [2.05, 4.69) is 0 Å². The van der Waals surface area contributed by atoms with E-state index in [0.29, 0.717) is 0 Å². The Hall–Kier alpha value is -1.88. The third-order valence-corrected chi connectivity index (χ3v) is 4.22. The van der Waals surface area contributed by atoms with Crippen molar-refractivity contribution in [1.82, 2.24) is 4.90 Å². The van der Waals surface area contributed by atoms with Gasteiger partial charge in [-0.3, -0.25) is 9.59 Å². The number of carboxylic acid groups (broad SMARTS) is 1. The van der Waals surface area contributed by atoms with E-state index in [4.69, 9.17) is 4.74 Å². The Balaban J connectivity index is 2.21. The van der Waals surface area contributed by atoms with Crippen molar-refractivity contribution in [2.75, 3.05) is 20.3 Å². The van der Waals surface area contributed by atoms with Crippen LogP contribution in [0.1, 0.15) is 19.4 Å². The molecule has 2 unspecified atom stereocenters. The van der Waals surface area contributed by atoms with Crippen LogP contribution in [0, 0.1) is 5.92 Å². The smallest absolute Gasteiger partial charge is 0.311 e. The maximum atomic E-state index is 12.8. The lowest BCUT2D eigenvalue weighted by atomic mass is 9.82. The molecule has 0 radical (unpaired) electrons. The van der Waals surface area contributed by atoms with Gasteiger partial charge >= 0.3 is 5.97 Å². The summed E-state index contributed by atoms with van der Waals surface area (Å²) in [7, 11) is 1.66. The summed E-state index contributed by atoms with van der Waals surface area (Å²) in [4.78, 5) is 25.6. The number of hydrogen-bond donors (Lipinski definition) is 1. The molecular formula is C16H21NO4. The summed E-state index contributed by atoms with van der Waals surface area (Å²) in [5.41, 5.74) is 0.203. The van der Waals surface area contributed by atoms with E-state index in [9.17, 15) is 14.7 Å². The van der Waals surface area contributed by atoms with Crippen LogP contribution in [0.2, 0.25) is 0 Å². The van der Waals surface area contributed by atoms with Crippen molar-refractivity contribution in [3.8, 4) is 0 Å². The van der Waals surface area contributed by atoms with E-state index >= 15 is 0 Å². The summed E-state index contributed by atoms with van der Waals surface area (Å²) < 4.78 is 5.25. The molecule has 1 N–H and O–H groups in total. The Morgan fingerprint density at radius 3 is 2.43 bits per heavy atom. The summed E-state index contributed by atoms with van der Waals surface area (Å²) in [6.45, 7) is 4.13. The summed E-state index contributed by atoms with van der Waals surface area (Å²) in [5, 5.41) is 9.22. The number of carbonyl (C=O) groups excluding carboxylic acids is 1. The summed E-state index contributed by atoms with van der Waals surface area (Å²) in [6, 6.07) is 9.08. The van der Waals surface area contributed by atoms with Crippen LogP contribution in [-0.4, -0.2) is 48.2 Å². The first kappa shape index (κ1) is 15.5. The molecule has 1 saturated heterocycles. The summed E-state index contributed by atoms with van der Waals surface area (Å²) >= 11 is 0. The fourth-order valence-electron chi connectivity index (χ4n) is 2.73. The number of likely N-dealkylation sites (N-methyl/N-ethyl adjacent to an activating group) is 1. The number of benzene rings is 1. The number of nitrogens with zero attached hydrogens (tertiary/aromatic N) is 1. The molecule has 1 amide bonds. The minimum Gasteiger partial charge on any atom is -0.481 e. The van der Waals surface area contributed by atoms with Gasteiger partial charge in [-0.25, -0.2) is 0 Å². The highest BCUT2D eigenvalue weighted by Crippen LogP contribution is 2.28. The van der Waals surface area contributed by atoms with Crippen molar-refractivity contribution in [2.45, 2.75) is 25.3 Å². The molecule has 114 valence electrons. The van der Waals surface area contributed by atoms with E-state index in [1.165, 1.54) is 4.90 Å². The van der Waals surface area contributed by atoms with Gasteiger partial charge in [0.25, 0.3) is 0 Å². The minimum atomic E-state index is -0.922. The molecule has 0 saturated carbocycles. The van der Waals surface area contributed by atoms with Crippen LogP contribution in [0.25, 0.3) is 0 Å². The van der Waals surface area contributed by atoms with Crippen molar-refractivity contribution in [1.29, 1.82) is 0 Å². The molecule has 0 aliphatic carbocycles. The molecule has 1 aromatic carbocycles. The van der Waals surface area contributed by atoms with Crippen LogP contribution in [0.4, 0.5) is 0 Å². The molecule has 1 fully saturated rings. The molecule has 1 aliphatic heterocycles. The van der Waals surface area contributed by atoms with Gasteiger partial charge < -0.3 is 14.7 Å². The molecule has 21 heavy (non-hydrogen) atoms. The average molecular weight is 291 g/mol. The molecule has 1 aliphatic rings. The van der Waals surface area contributed by atoms with E-state index in [1.54, 1.807) is 7.05 Å². The largest absolute Gasteiger partial charge is 0.481 e. The monoisotopic (exact) mass is 291 g/mol. The van der Waals surface area contributed by atoms with Gasteiger partial charge in [-0.1, -0.05) is 30.3 Å². The van der Waals surface area contributed by atoms with Gasteiger partial charge in [-0.2, -0.15) is 0 Å². The molecule has 2 atom stereocenters. The topological polar surface area (TPSA) is 66.8 Å². The fraction of sp³-hybridized carbons (Fsp3) is 0.500. The highest BCUT2D eigenvalue weighted by Gasteiger charge is 2.42. The molecule has 1 heterocycles. The maximum absolute atomic E-state index is 12.8. The van der Waals surface area contributed by atoms with Gasteiger partial charge in [0.2, 0.25) is 5.91 Å². The minimum absolute atomic E-state index is 0.101. The first-order valence-corrected chi connectivity index (χ1v) is 6.99. The number of amides is 1. The third-order valence-electron chi connectivity index (χ3n) is 4.22. The average Bonchev–Trinajstić information content (AvgIpc) is 2.96. The van der Waals surface area contributed by atoms with E-state index in [1.807, 2.05) is 44.2 Å². The zero-order valence-corrected chi connectivity index (χ0v) is 12.6. The Kier molecular flexibility index (Phi) is 4.32. The maximum Gasteiger partial charge on any atom is 0.311 e. The summed E-state index contributed by atoms with van der Waals surface area (Å²) in [5.74, 6) is -1.68.